The second-order valence-corrected chi connectivity index (χ2v) is 7.13. The molecule has 1 spiro atoms. The highest BCUT2D eigenvalue weighted by molar-refractivity contribution is 6.07. The highest BCUT2D eigenvalue weighted by atomic mass is 16.5. The number of nitrogens with zero attached hydrogens (tertiary/aromatic N) is 2. The van der Waals surface area contributed by atoms with Crippen molar-refractivity contribution in [2.75, 3.05) is 20.3 Å². The van der Waals surface area contributed by atoms with Gasteiger partial charge in [0.1, 0.15) is 5.54 Å². The van der Waals surface area contributed by atoms with Crippen LogP contribution in [0.1, 0.15) is 46.0 Å². The molecule has 0 aromatic rings. The Morgan fingerprint density at radius 1 is 1.27 bits per heavy atom. The molecule has 0 saturated carbocycles. The molecule has 6 nitrogen and oxygen atoms in total. The predicted molar refractivity (Wildman–Crippen MR) is 82.5 cm³/mol. The van der Waals surface area contributed by atoms with E-state index >= 15 is 0 Å². The number of methoxy groups -OCH3 is 1. The van der Waals surface area contributed by atoms with Gasteiger partial charge in [-0.15, -0.1) is 0 Å². The number of hydrogen-bond acceptors (Lipinski definition) is 4. The van der Waals surface area contributed by atoms with Crippen LogP contribution in [-0.2, 0) is 9.53 Å². The van der Waals surface area contributed by atoms with Crippen molar-refractivity contribution in [3.8, 4) is 0 Å². The summed E-state index contributed by atoms with van der Waals surface area (Å²) in [4.78, 5) is 29.3. The van der Waals surface area contributed by atoms with Gasteiger partial charge in [0.15, 0.2) is 0 Å². The first-order valence-corrected chi connectivity index (χ1v) is 8.40. The number of ether oxygens (including phenoxy) is 1. The molecule has 0 aromatic carbocycles. The quantitative estimate of drug-likeness (QED) is 0.615. The lowest BCUT2D eigenvalue weighted by Crippen LogP contribution is -2.60. The summed E-state index contributed by atoms with van der Waals surface area (Å²) in [5, 5.41) is 3.57. The summed E-state index contributed by atoms with van der Waals surface area (Å²) in [6, 6.07) is 0.671. The average molecular weight is 309 g/mol. The van der Waals surface area contributed by atoms with Crippen LogP contribution in [0.4, 0.5) is 4.79 Å². The summed E-state index contributed by atoms with van der Waals surface area (Å²) >= 11 is 0. The third-order valence-electron chi connectivity index (χ3n) is 5.29. The van der Waals surface area contributed by atoms with Crippen LogP contribution in [0.3, 0.4) is 0 Å². The van der Waals surface area contributed by atoms with Crippen LogP contribution in [0, 0.1) is 0 Å². The molecule has 2 unspecified atom stereocenters. The maximum Gasteiger partial charge on any atom is 0.327 e. The summed E-state index contributed by atoms with van der Waals surface area (Å²) in [7, 11) is 1.64. The number of amides is 3. The molecule has 3 aliphatic heterocycles. The minimum Gasteiger partial charge on any atom is -0.385 e. The van der Waals surface area contributed by atoms with Crippen molar-refractivity contribution in [2.45, 2.75) is 69.6 Å². The molecule has 1 N–H and O–H groups in total. The molecule has 2 atom stereocenters. The molecule has 0 aliphatic carbocycles. The Hall–Kier alpha value is -1.14. The second-order valence-electron chi connectivity index (χ2n) is 7.13. The van der Waals surface area contributed by atoms with Crippen LogP contribution in [0.15, 0.2) is 0 Å². The number of rotatable bonds is 5. The van der Waals surface area contributed by atoms with Crippen LogP contribution in [0.5, 0.6) is 0 Å². The molecule has 3 saturated heterocycles. The SMILES string of the molecule is COCCCN1C(=O)N(C(C)C)C2(CC3CCC(C2)N3)C1=O. The number of piperidine rings is 1. The molecule has 0 radical (unpaired) electrons. The van der Waals surface area contributed by atoms with E-state index in [0.29, 0.717) is 31.7 Å². The van der Waals surface area contributed by atoms with Crippen molar-refractivity contribution in [1.29, 1.82) is 0 Å². The third kappa shape index (κ3) is 2.33. The van der Waals surface area contributed by atoms with Gasteiger partial charge < -0.3 is 15.0 Å². The van der Waals surface area contributed by atoms with E-state index in [0.717, 1.165) is 25.7 Å². The molecule has 3 aliphatic rings. The number of fused-ring (bicyclic) bond motifs is 2. The highest BCUT2D eigenvalue weighted by Crippen LogP contribution is 2.44. The van der Waals surface area contributed by atoms with Gasteiger partial charge in [-0.3, -0.25) is 9.69 Å². The van der Waals surface area contributed by atoms with Gasteiger partial charge in [-0.05, 0) is 46.0 Å². The molecule has 3 rings (SSSR count). The Labute approximate surface area is 132 Å². The van der Waals surface area contributed by atoms with Gasteiger partial charge >= 0.3 is 6.03 Å². The number of nitrogens with one attached hydrogen (secondary N) is 1. The molecule has 3 heterocycles. The zero-order chi connectivity index (χ0) is 15.9. The number of carbonyl (C=O) groups excluding carboxylic acids is 2. The maximum absolute atomic E-state index is 13.1. The fourth-order valence-corrected chi connectivity index (χ4v) is 4.53. The molecule has 22 heavy (non-hydrogen) atoms. The van der Waals surface area contributed by atoms with Gasteiger partial charge in [0, 0.05) is 38.4 Å². The Morgan fingerprint density at radius 2 is 1.91 bits per heavy atom. The van der Waals surface area contributed by atoms with Gasteiger partial charge in [-0.1, -0.05) is 0 Å². The molecular weight excluding hydrogens is 282 g/mol. The predicted octanol–water partition coefficient (Wildman–Crippen LogP) is 1.35. The van der Waals surface area contributed by atoms with E-state index in [2.05, 4.69) is 5.32 Å². The van der Waals surface area contributed by atoms with E-state index in [9.17, 15) is 9.59 Å². The zero-order valence-electron chi connectivity index (χ0n) is 13.8. The van der Waals surface area contributed by atoms with Crippen molar-refractivity contribution in [3.05, 3.63) is 0 Å². The van der Waals surface area contributed by atoms with Crippen molar-refractivity contribution < 1.29 is 14.3 Å². The molecule has 124 valence electrons. The molecule has 0 aromatic heterocycles. The summed E-state index contributed by atoms with van der Waals surface area (Å²) in [5.74, 6) is 0.0145. The lowest BCUT2D eigenvalue weighted by molar-refractivity contribution is -0.136. The van der Waals surface area contributed by atoms with E-state index in [4.69, 9.17) is 4.74 Å². The molecular formula is C16H27N3O3. The number of hydrogen-bond donors (Lipinski definition) is 1. The topological polar surface area (TPSA) is 61.9 Å². The van der Waals surface area contributed by atoms with Crippen molar-refractivity contribution in [3.63, 3.8) is 0 Å². The maximum atomic E-state index is 13.1. The third-order valence-corrected chi connectivity index (χ3v) is 5.29. The largest absolute Gasteiger partial charge is 0.385 e. The minimum atomic E-state index is -0.616. The van der Waals surface area contributed by atoms with Gasteiger partial charge in [0.25, 0.3) is 5.91 Å². The van der Waals surface area contributed by atoms with Crippen LogP contribution in [-0.4, -0.2) is 65.7 Å². The van der Waals surface area contributed by atoms with Crippen molar-refractivity contribution in [2.24, 2.45) is 0 Å². The Morgan fingerprint density at radius 3 is 2.45 bits per heavy atom. The lowest BCUT2D eigenvalue weighted by Gasteiger charge is -2.43. The highest BCUT2D eigenvalue weighted by Gasteiger charge is 2.61. The second kappa shape index (κ2) is 5.81. The first-order chi connectivity index (χ1) is 10.5. The Bertz CT molecular complexity index is 454. The zero-order valence-corrected chi connectivity index (χ0v) is 13.8. The van der Waals surface area contributed by atoms with Crippen molar-refractivity contribution in [1.82, 2.24) is 15.1 Å². The van der Waals surface area contributed by atoms with Crippen LogP contribution < -0.4 is 5.32 Å². The molecule has 2 bridgehead atoms. The number of urea groups is 1. The van der Waals surface area contributed by atoms with E-state index in [1.165, 1.54) is 4.90 Å². The fourth-order valence-electron chi connectivity index (χ4n) is 4.53. The molecule has 3 amide bonds. The molecule has 6 heteroatoms. The monoisotopic (exact) mass is 309 g/mol. The van der Waals surface area contributed by atoms with Crippen molar-refractivity contribution >= 4 is 11.9 Å². The normalized spacial score (nSPS) is 34.5. The smallest absolute Gasteiger partial charge is 0.327 e. The first kappa shape index (κ1) is 15.7. The Balaban J connectivity index is 1.87. The van der Waals surface area contributed by atoms with Gasteiger partial charge in [-0.2, -0.15) is 0 Å². The minimum absolute atomic E-state index is 0.0145. The first-order valence-electron chi connectivity index (χ1n) is 8.40. The van der Waals surface area contributed by atoms with Gasteiger partial charge in [0.05, 0.1) is 0 Å². The van der Waals surface area contributed by atoms with E-state index < -0.39 is 5.54 Å². The fraction of sp³-hybridized carbons (Fsp3) is 0.875. The average Bonchev–Trinajstić information content (AvgIpc) is 2.89. The number of imide groups is 1. The number of carbonyl (C=O) groups is 2. The van der Waals surface area contributed by atoms with Gasteiger partial charge in [0.2, 0.25) is 0 Å². The van der Waals surface area contributed by atoms with E-state index in [1.54, 1.807) is 7.11 Å². The van der Waals surface area contributed by atoms with E-state index in [-0.39, 0.29) is 18.0 Å². The molecule has 3 fully saturated rings. The van der Waals surface area contributed by atoms with Crippen LogP contribution >= 0.6 is 0 Å². The summed E-state index contributed by atoms with van der Waals surface area (Å²) in [6.45, 7) is 5.04. The summed E-state index contributed by atoms with van der Waals surface area (Å²) < 4.78 is 5.05. The summed E-state index contributed by atoms with van der Waals surface area (Å²) in [5.41, 5.74) is -0.616. The standard InChI is InChI=1S/C16H27N3O3/c1-11(2)19-15(21)18(7-4-8-22-3)14(20)16(19)9-12-5-6-13(10-16)17-12/h11-13,17H,4-10H2,1-3H3. The van der Waals surface area contributed by atoms with E-state index in [1.807, 2.05) is 18.7 Å². The Kier molecular flexibility index (Phi) is 4.16. The lowest BCUT2D eigenvalue weighted by atomic mass is 9.82. The summed E-state index contributed by atoms with van der Waals surface area (Å²) in [6.07, 6.45) is 4.44. The van der Waals surface area contributed by atoms with Gasteiger partial charge in [-0.25, -0.2) is 4.79 Å². The van der Waals surface area contributed by atoms with Crippen LogP contribution in [0.2, 0.25) is 0 Å². The van der Waals surface area contributed by atoms with Crippen LogP contribution in [0.25, 0.3) is 0 Å².